The molecule has 2 unspecified atom stereocenters. The lowest BCUT2D eigenvalue weighted by atomic mass is 10.1. The molecule has 2 atom stereocenters. The third-order valence-electron chi connectivity index (χ3n) is 5.06. The molecule has 0 saturated carbocycles. The van der Waals surface area contributed by atoms with Gasteiger partial charge in [-0.25, -0.2) is 0 Å². The van der Waals surface area contributed by atoms with Gasteiger partial charge in [0.25, 0.3) is 11.8 Å². The van der Waals surface area contributed by atoms with E-state index in [4.69, 9.17) is 9.15 Å². The van der Waals surface area contributed by atoms with Crippen molar-refractivity contribution in [2.45, 2.75) is 32.6 Å². The molecular formula is C23H23BrN2O4. The van der Waals surface area contributed by atoms with Gasteiger partial charge < -0.3 is 19.4 Å². The van der Waals surface area contributed by atoms with Gasteiger partial charge >= 0.3 is 0 Å². The van der Waals surface area contributed by atoms with Crippen molar-refractivity contribution < 1.29 is 18.7 Å². The molecule has 1 N–H and O–H groups in total. The van der Waals surface area contributed by atoms with E-state index in [0.717, 1.165) is 15.4 Å². The number of fused-ring (bicyclic) bond motifs is 1. The molecule has 0 aliphatic carbocycles. The molecule has 6 nitrogen and oxygen atoms in total. The molecule has 0 radical (unpaired) electrons. The molecule has 1 aliphatic rings. The van der Waals surface area contributed by atoms with Crippen LogP contribution >= 0.6 is 15.9 Å². The van der Waals surface area contributed by atoms with Gasteiger partial charge in [-0.15, -0.1) is 0 Å². The van der Waals surface area contributed by atoms with Gasteiger partial charge in [0.1, 0.15) is 5.58 Å². The summed E-state index contributed by atoms with van der Waals surface area (Å²) in [5.41, 5.74) is 2.20. The van der Waals surface area contributed by atoms with Crippen molar-refractivity contribution in [2.24, 2.45) is 0 Å². The van der Waals surface area contributed by atoms with Crippen LogP contribution in [0.4, 0.5) is 0 Å². The summed E-state index contributed by atoms with van der Waals surface area (Å²) < 4.78 is 12.2. The number of benzene rings is 2. The SMILES string of the molecule is CC1CN(C(=O)c2ccc(CNC(=O)c3cc4cc(Br)ccc4o3)cc2)CC(C)O1. The fraction of sp³-hybridized carbons (Fsp3) is 0.304. The highest BCUT2D eigenvalue weighted by atomic mass is 79.9. The molecule has 0 bridgehead atoms. The van der Waals surface area contributed by atoms with E-state index in [1.54, 1.807) is 18.2 Å². The second kappa shape index (κ2) is 8.62. The summed E-state index contributed by atoms with van der Waals surface area (Å²) >= 11 is 3.41. The van der Waals surface area contributed by atoms with Gasteiger partial charge in [0.05, 0.1) is 12.2 Å². The Balaban J connectivity index is 1.37. The maximum Gasteiger partial charge on any atom is 0.287 e. The first-order valence-corrected chi connectivity index (χ1v) is 10.7. The lowest BCUT2D eigenvalue weighted by Crippen LogP contribution is -2.48. The largest absolute Gasteiger partial charge is 0.451 e. The van der Waals surface area contributed by atoms with E-state index in [1.807, 2.05) is 49.1 Å². The number of furan rings is 1. The second-order valence-electron chi connectivity index (χ2n) is 7.64. The highest BCUT2D eigenvalue weighted by Crippen LogP contribution is 2.23. The Morgan fingerprint density at radius 2 is 1.77 bits per heavy atom. The molecule has 2 heterocycles. The Hall–Kier alpha value is -2.64. The average molecular weight is 471 g/mol. The lowest BCUT2D eigenvalue weighted by Gasteiger charge is -2.35. The van der Waals surface area contributed by atoms with Crippen LogP contribution in [0, 0.1) is 0 Å². The summed E-state index contributed by atoms with van der Waals surface area (Å²) in [6.45, 7) is 5.48. The first-order chi connectivity index (χ1) is 14.4. The number of ether oxygens (including phenoxy) is 1. The maximum atomic E-state index is 12.7. The van der Waals surface area contributed by atoms with Gasteiger partial charge in [-0.2, -0.15) is 0 Å². The van der Waals surface area contributed by atoms with Crippen LogP contribution in [0.2, 0.25) is 0 Å². The molecule has 156 valence electrons. The van der Waals surface area contributed by atoms with Crippen LogP contribution in [0.15, 0.2) is 57.4 Å². The predicted molar refractivity (Wildman–Crippen MR) is 117 cm³/mol. The topological polar surface area (TPSA) is 71.8 Å². The van der Waals surface area contributed by atoms with Gasteiger partial charge in [0.15, 0.2) is 5.76 Å². The summed E-state index contributed by atoms with van der Waals surface area (Å²) in [5.74, 6) is -0.00903. The zero-order valence-electron chi connectivity index (χ0n) is 16.9. The maximum absolute atomic E-state index is 12.7. The number of carbonyl (C=O) groups excluding carboxylic acids is 2. The quantitative estimate of drug-likeness (QED) is 0.614. The fourth-order valence-electron chi connectivity index (χ4n) is 3.69. The molecule has 0 spiro atoms. The van der Waals surface area contributed by atoms with Crippen LogP contribution in [0.25, 0.3) is 11.0 Å². The van der Waals surface area contributed by atoms with Crippen LogP contribution in [0.5, 0.6) is 0 Å². The van der Waals surface area contributed by atoms with E-state index >= 15 is 0 Å². The standard InChI is InChI=1S/C23H23BrN2O4/c1-14-12-26(13-15(2)29-14)23(28)17-5-3-16(4-6-17)11-25-22(27)21-10-18-9-19(24)7-8-20(18)30-21/h3-10,14-15H,11-13H2,1-2H3,(H,25,27). The first-order valence-electron chi connectivity index (χ1n) is 9.90. The van der Waals surface area contributed by atoms with Crippen molar-refractivity contribution in [1.29, 1.82) is 0 Å². The van der Waals surface area contributed by atoms with Crippen molar-refractivity contribution in [2.75, 3.05) is 13.1 Å². The minimum absolute atomic E-state index is 0.000946. The van der Waals surface area contributed by atoms with Crippen LogP contribution in [0.3, 0.4) is 0 Å². The molecule has 4 rings (SSSR count). The second-order valence-corrected chi connectivity index (χ2v) is 8.56. The van der Waals surface area contributed by atoms with Crippen LogP contribution in [0.1, 0.15) is 40.3 Å². The van der Waals surface area contributed by atoms with E-state index in [9.17, 15) is 9.59 Å². The third kappa shape index (κ3) is 4.57. The van der Waals surface area contributed by atoms with Gasteiger partial charge in [0, 0.05) is 35.1 Å². The van der Waals surface area contributed by atoms with Gasteiger partial charge in [0.2, 0.25) is 0 Å². The van der Waals surface area contributed by atoms with Crippen molar-refractivity contribution in [3.63, 3.8) is 0 Å². The fourth-order valence-corrected chi connectivity index (χ4v) is 4.07. The summed E-state index contributed by atoms with van der Waals surface area (Å²) in [6, 6.07) is 14.6. The molecule has 1 fully saturated rings. The highest BCUT2D eigenvalue weighted by Gasteiger charge is 2.26. The number of halogens is 1. The minimum atomic E-state index is -0.279. The monoisotopic (exact) mass is 470 g/mol. The molecule has 1 aromatic heterocycles. The van der Waals surface area contributed by atoms with E-state index in [2.05, 4.69) is 21.2 Å². The lowest BCUT2D eigenvalue weighted by molar-refractivity contribution is -0.0586. The molecule has 1 saturated heterocycles. The summed E-state index contributed by atoms with van der Waals surface area (Å²) in [5, 5.41) is 3.72. The number of carbonyl (C=O) groups is 2. The average Bonchev–Trinajstić information content (AvgIpc) is 3.14. The number of morpholine rings is 1. The minimum Gasteiger partial charge on any atom is -0.451 e. The Morgan fingerprint density at radius 3 is 2.47 bits per heavy atom. The summed E-state index contributed by atoms with van der Waals surface area (Å²) in [4.78, 5) is 27.0. The molecule has 1 aliphatic heterocycles. The predicted octanol–water partition coefficient (Wildman–Crippen LogP) is 4.37. The van der Waals surface area contributed by atoms with Crippen molar-refractivity contribution in [1.82, 2.24) is 10.2 Å². The highest BCUT2D eigenvalue weighted by molar-refractivity contribution is 9.10. The van der Waals surface area contributed by atoms with E-state index in [-0.39, 0.29) is 29.8 Å². The van der Waals surface area contributed by atoms with Crippen molar-refractivity contribution >= 4 is 38.7 Å². The summed E-state index contributed by atoms with van der Waals surface area (Å²) in [7, 11) is 0. The number of nitrogens with zero attached hydrogens (tertiary/aromatic N) is 1. The molecular weight excluding hydrogens is 448 g/mol. The molecule has 3 aromatic rings. The van der Waals surface area contributed by atoms with Crippen molar-refractivity contribution in [3.05, 3.63) is 69.9 Å². The number of hydrogen-bond donors (Lipinski definition) is 1. The smallest absolute Gasteiger partial charge is 0.287 e. The number of hydrogen-bond acceptors (Lipinski definition) is 4. The van der Waals surface area contributed by atoms with Gasteiger partial charge in [-0.1, -0.05) is 28.1 Å². The van der Waals surface area contributed by atoms with Gasteiger partial charge in [-0.05, 0) is 55.8 Å². The van der Waals surface area contributed by atoms with E-state index in [0.29, 0.717) is 30.8 Å². The van der Waals surface area contributed by atoms with E-state index in [1.165, 1.54) is 0 Å². The number of amides is 2. The normalized spacial score (nSPS) is 19.1. The zero-order valence-corrected chi connectivity index (χ0v) is 18.4. The Kier molecular flexibility index (Phi) is 5.92. The first kappa shape index (κ1) is 20.6. The van der Waals surface area contributed by atoms with Gasteiger partial charge in [-0.3, -0.25) is 9.59 Å². The van der Waals surface area contributed by atoms with Crippen LogP contribution < -0.4 is 5.32 Å². The third-order valence-corrected chi connectivity index (χ3v) is 5.56. The van der Waals surface area contributed by atoms with E-state index < -0.39 is 0 Å². The number of rotatable bonds is 4. The molecule has 2 amide bonds. The van der Waals surface area contributed by atoms with Crippen LogP contribution in [-0.4, -0.2) is 42.0 Å². The Morgan fingerprint density at radius 1 is 1.07 bits per heavy atom. The molecule has 7 heteroatoms. The van der Waals surface area contributed by atoms with Crippen molar-refractivity contribution in [3.8, 4) is 0 Å². The number of nitrogens with one attached hydrogen (secondary N) is 1. The summed E-state index contributed by atoms with van der Waals surface area (Å²) in [6.07, 6.45) is 0.0677. The Labute approximate surface area is 183 Å². The zero-order chi connectivity index (χ0) is 21.3. The molecule has 2 aromatic carbocycles. The van der Waals surface area contributed by atoms with Crippen LogP contribution in [-0.2, 0) is 11.3 Å². The molecule has 30 heavy (non-hydrogen) atoms. The Bertz CT molecular complexity index is 1070.